The van der Waals surface area contributed by atoms with Gasteiger partial charge in [0.05, 0.1) is 21.7 Å². The summed E-state index contributed by atoms with van der Waals surface area (Å²) in [5, 5.41) is 9.31. The number of rotatable bonds is 6. The van der Waals surface area contributed by atoms with Crippen LogP contribution in [0.5, 0.6) is 0 Å². The fourth-order valence-corrected chi connectivity index (χ4v) is 3.71. The van der Waals surface area contributed by atoms with Gasteiger partial charge < -0.3 is 5.11 Å². The van der Waals surface area contributed by atoms with Crippen molar-refractivity contribution < 1.29 is 27.3 Å². The number of aliphatic carboxylic acids is 1. The first kappa shape index (κ1) is 20.4. The Morgan fingerprint density at radius 3 is 2.13 bits per heavy atom. The van der Waals surface area contributed by atoms with Crippen molar-refractivity contribution in [3.05, 3.63) is 0 Å². The molecule has 0 heterocycles. The van der Waals surface area contributed by atoms with Gasteiger partial charge in [-0.3, -0.25) is 4.79 Å². The number of hydrogen-bond donors (Lipinski definition) is 2. The predicted molar refractivity (Wildman–Crippen MR) is 83.2 cm³/mol. The van der Waals surface area contributed by atoms with E-state index in [0.717, 1.165) is 32.1 Å². The molecule has 0 bridgehead atoms. The van der Waals surface area contributed by atoms with E-state index in [4.69, 9.17) is 0 Å². The Bertz CT molecular complexity index is 429. The molecule has 4 nitrogen and oxygen atoms in total. The SMILES string of the molecule is CC(C)(C)[S@@](=O)N[C@H]([C@@H](CC1CCCCC1)C(=O)O)C(F)(F)F. The molecule has 1 aliphatic rings. The van der Waals surface area contributed by atoms with Crippen molar-refractivity contribution >= 4 is 17.0 Å². The number of halogens is 3. The second-order valence-electron chi connectivity index (χ2n) is 7.20. The van der Waals surface area contributed by atoms with E-state index >= 15 is 0 Å². The number of carboxylic acid groups (broad SMARTS) is 1. The highest BCUT2D eigenvalue weighted by molar-refractivity contribution is 7.84. The summed E-state index contributed by atoms with van der Waals surface area (Å²) in [5.74, 6) is -3.12. The molecule has 1 fully saturated rings. The molecular formula is C15H26F3NO3S. The van der Waals surface area contributed by atoms with Crippen LogP contribution in [0, 0.1) is 11.8 Å². The Labute approximate surface area is 137 Å². The Kier molecular flexibility index (Phi) is 7.07. The van der Waals surface area contributed by atoms with Crippen LogP contribution in [-0.2, 0) is 15.8 Å². The number of alkyl halides is 3. The van der Waals surface area contributed by atoms with Crippen molar-refractivity contribution in [2.45, 2.75) is 76.3 Å². The predicted octanol–water partition coefficient (Wildman–Crippen LogP) is 3.64. The first-order valence-corrected chi connectivity index (χ1v) is 9.05. The molecule has 0 spiro atoms. The molecule has 136 valence electrons. The maximum atomic E-state index is 13.4. The fourth-order valence-electron chi connectivity index (χ4n) is 2.83. The minimum atomic E-state index is -4.77. The fraction of sp³-hybridized carbons (Fsp3) is 0.933. The summed E-state index contributed by atoms with van der Waals surface area (Å²) in [4.78, 5) is 11.5. The molecule has 0 saturated heterocycles. The first-order chi connectivity index (χ1) is 10.4. The van der Waals surface area contributed by atoms with E-state index in [9.17, 15) is 27.3 Å². The summed E-state index contributed by atoms with van der Waals surface area (Å²) >= 11 is 0. The van der Waals surface area contributed by atoms with Crippen LogP contribution < -0.4 is 4.72 Å². The first-order valence-electron chi connectivity index (χ1n) is 7.90. The van der Waals surface area contributed by atoms with Gasteiger partial charge in [-0.25, -0.2) is 8.93 Å². The van der Waals surface area contributed by atoms with Gasteiger partial charge in [0.25, 0.3) is 0 Å². The van der Waals surface area contributed by atoms with E-state index in [1.54, 1.807) is 20.8 Å². The zero-order chi connectivity index (χ0) is 17.8. The van der Waals surface area contributed by atoms with Gasteiger partial charge in [0.1, 0.15) is 6.04 Å². The van der Waals surface area contributed by atoms with E-state index in [1.165, 1.54) is 0 Å². The quantitative estimate of drug-likeness (QED) is 0.763. The minimum absolute atomic E-state index is 0.0143. The lowest BCUT2D eigenvalue weighted by Crippen LogP contribution is -2.53. The average molecular weight is 357 g/mol. The molecule has 0 radical (unpaired) electrons. The molecule has 8 heteroatoms. The second-order valence-corrected chi connectivity index (χ2v) is 9.20. The molecule has 0 amide bonds. The third-order valence-electron chi connectivity index (χ3n) is 4.17. The zero-order valence-electron chi connectivity index (χ0n) is 13.8. The molecule has 1 saturated carbocycles. The largest absolute Gasteiger partial charge is 0.481 e. The number of nitrogens with one attached hydrogen (secondary N) is 1. The molecule has 3 atom stereocenters. The summed E-state index contributed by atoms with van der Waals surface area (Å²) in [7, 11) is -1.99. The normalized spacial score (nSPS) is 21.7. The molecule has 0 aromatic carbocycles. The Morgan fingerprint density at radius 2 is 1.74 bits per heavy atom. The van der Waals surface area contributed by atoms with Gasteiger partial charge in [-0.1, -0.05) is 32.1 Å². The average Bonchev–Trinajstić information content (AvgIpc) is 2.41. The molecule has 0 aliphatic heterocycles. The van der Waals surface area contributed by atoms with Crippen molar-refractivity contribution in [3.63, 3.8) is 0 Å². The molecule has 0 unspecified atom stereocenters. The zero-order valence-corrected chi connectivity index (χ0v) is 14.6. The van der Waals surface area contributed by atoms with Crippen molar-refractivity contribution in [1.82, 2.24) is 4.72 Å². The van der Waals surface area contributed by atoms with E-state index < -0.39 is 39.8 Å². The molecule has 1 aliphatic carbocycles. The van der Waals surface area contributed by atoms with E-state index in [1.807, 2.05) is 4.72 Å². The van der Waals surface area contributed by atoms with Crippen molar-refractivity contribution in [3.8, 4) is 0 Å². The number of carbonyl (C=O) groups is 1. The van der Waals surface area contributed by atoms with Crippen LogP contribution in [0.15, 0.2) is 0 Å². The van der Waals surface area contributed by atoms with Crippen LogP contribution in [0.3, 0.4) is 0 Å². The van der Waals surface area contributed by atoms with Crippen molar-refractivity contribution in [2.24, 2.45) is 11.8 Å². The Hall–Kier alpha value is -0.630. The van der Waals surface area contributed by atoms with Crippen LogP contribution in [0.4, 0.5) is 13.2 Å². The van der Waals surface area contributed by atoms with Crippen LogP contribution in [0.25, 0.3) is 0 Å². The van der Waals surface area contributed by atoms with Crippen LogP contribution in [0.2, 0.25) is 0 Å². The van der Waals surface area contributed by atoms with Gasteiger partial charge in [0.15, 0.2) is 0 Å². The van der Waals surface area contributed by atoms with Gasteiger partial charge in [0.2, 0.25) is 0 Å². The molecule has 2 N–H and O–H groups in total. The minimum Gasteiger partial charge on any atom is -0.481 e. The summed E-state index contributed by atoms with van der Waals surface area (Å²) in [6.45, 7) is 4.63. The third-order valence-corrected chi connectivity index (χ3v) is 5.75. The van der Waals surface area contributed by atoms with Gasteiger partial charge in [-0.2, -0.15) is 13.2 Å². The summed E-state index contributed by atoms with van der Waals surface area (Å²) in [6.07, 6.45) is -0.382. The number of hydrogen-bond acceptors (Lipinski definition) is 2. The van der Waals surface area contributed by atoms with Crippen LogP contribution in [0.1, 0.15) is 59.3 Å². The highest BCUT2D eigenvalue weighted by atomic mass is 32.2. The molecular weight excluding hydrogens is 331 g/mol. The van der Waals surface area contributed by atoms with Crippen LogP contribution in [-0.4, -0.2) is 32.2 Å². The topological polar surface area (TPSA) is 66.4 Å². The molecule has 0 aromatic rings. The highest BCUT2D eigenvalue weighted by Gasteiger charge is 2.49. The van der Waals surface area contributed by atoms with Crippen molar-refractivity contribution in [1.29, 1.82) is 0 Å². The third kappa shape index (κ3) is 6.41. The van der Waals surface area contributed by atoms with E-state index in [2.05, 4.69) is 0 Å². The Balaban J connectivity index is 2.94. The maximum absolute atomic E-state index is 13.4. The second kappa shape index (κ2) is 7.96. The van der Waals surface area contributed by atoms with Gasteiger partial charge in [-0.05, 0) is 33.1 Å². The monoisotopic (exact) mass is 357 g/mol. The lowest BCUT2D eigenvalue weighted by Gasteiger charge is -2.32. The summed E-state index contributed by atoms with van der Waals surface area (Å²) in [5.41, 5.74) is 0. The van der Waals surface area contributed by atoms with Crippen LogP contribution >= 0.6 is 0 Å². The molecule has 1 rings (SSSR count). The summed E-state index contributed by atoms with van der Waals surface area (Å²) < 4.78 is 53.3. The van der Waals surface area contributed by atoms with E-state index in [-0.39, 0.29) is 12.3 Å². The van der Waals surface area contributed by atoms with Crippen molar-refractivity contribution in [2.75, 3.05) is 0 Å². The van der Waals surface area contributed by atoms with E-state index in [0.29, 0.717) is 0 Å². The van der Waals surface area contributed by atoms with Gasteiger partial charge in [0, 0.05) is 0 Å². The highest BCUT2D eigenvalue weighted by Crippen LogP contribution is 2.35. The molecule has 0 aromatic heterocycles. The Morgan fingerprint density at radius 1 is 1.22 bits per heavy atom. The maximum Gasteiger partial charge on any atom is 0.405 e. The van der Waals surface area contributed by atoms with Gasteiger partial charge >= 0.3 is 12.1 Å². The smallest absolute Gasteiger partial charge is 0.405 e. The standard InChI is InChI=1S/C15H26F3NO3S/c1-14(2,3)23(22)19-12(15(16,17)18)11(13(20)21)9-10-7-5-4-6-8-10/h10-12,19H,4-9H2,1-3H3,(H,20,21)/t11-,12-,23-/m1/s1. The summed E-state index contributed by atoms with van der Waals surface area (Å²) in [6, 6.07) is -2.30. The van der Waals surface area contributed by atoms with Gasteiger partial charge in [-0.15, -0.1) is 0 Å². The lowest BCUT2D eigenvalue weighted by molar-refractivity contribution is -0.177. The molecule has 23 heavy (non-hydrogen) atoms. The lowest BCUT2D eigenvalue weighted by atomic mass is 9.80. The number of carboxylic acids is 1.